The second kappa shape index (κ2) is 7.13. The highest BCUT2D eigenvalue weighted by atomic mass is 35.5. The topological polar surface area (TPSA) is 57.7 Å². The van der Waals surface area contributed by atoms with E-state index in [2.05, 4.69) is 27.1 Å². The van der Waals surface area contributed by atoms with E-state index in [0.29, 0.717) is 17.1 Å². The fourth-order valence-electron chi connectivity index (χ4n) is 3.27. The SMILES string of the molecule is CN1CCN(c2ccc(NC(=O)[C@H]3Cc4cc(Cl)ccc4O3)cn2)CC1. The Kier molecular flexibility index (Phi) is 4.70. The number of nitrogens with one attached hydrogen (secondary N) is 1. The summed E-state index contributed by atoms with van der Waals surface area (Å²) < 4.78 is 5.72. The summed E-state index contributed by atoms with van der Waals surface area (Å²) in [5.74, 6) is 1.49. The summed E-state index contributed by atoms with van der Waals surface area (Å²) in [5.41, 5.74) is 1.63. The van der Waals surface area contributed by atoms with Crippen molar-refractivity contribution in [2.45, 2.75) is 12.5 Å². The highest BCUT2D eigenvalue weighted by molar-refractivity contribution is 6.30. The van der Waals surface area contributed by atoms with Crippen molar-refractivity contribution >= 4 is 29.0 Å². The van der Waals surface area contributed by atoms with Crippen molar-refractivity contribution in [3.63, 3.8) is 0 Å². The normalized spacial score (nSPS) is 19.8. The first-order chi connectivity index (χ1) is 12.6. The molecule has 1 amide bonds. The highest BCUT2D eigenvalue weighted by Gasteiger charge is 2.29. The highest BCUT2D eigenvalue weighted by Crippen LogP contribution is 2.31. The monoisotopic (exact) mass is 372 g/mol. The number of benzene rings is 1. The number of carbonyl (C=O) groups excluding carboxylic acids is 1. The third-order valence-corrected chi connectivity index (χ3v) is 5.07. The lowest BCUT2D eigenvalue weighted by Gasteiger charge is -2.33. The van der Waals surface area contributed by atoms with Crippen LogP contribution in [0.2, 0.25) is 5.02 Å². The number of pyridine rings is 1. The number of rotatable bonds is 3. The largest absolute Gasteiger partial charge is 0.480 e. The Balaban J connectivity index is 1.36. The first-order valence-corrected chi connectivity index (χ1v) is 9.12. The van der Waals surface area contributed by atoms with E-state index in [1.54, 1.807) is 18.3 Å². The third kappa shape index (κ3) is 3.61. The van der Waals surface area contributed by atoms with Crippen molar-refractivity contribution in [3.8, 4) is 5.75 Å². The van der Waals surface area contributed by atoms with Crippen molar-refractivity contribution in [2.24, 2.45) is 0 Å². The van der Waals surface area contributed by atoms with Crippen LogP contribution in [0.1, 0.15) is 5.56 Å². The molecule has 0 spiro atoms. The quantitative estimate of drug-likeness (QED) is 0.896. The number of likely N-dealkylation sites (N-methyl/N-ethyl adjacent to an activating group) is 1. The predicted octanol–water partition coefficient (Wildman–Crippen LogP) is 2.43. The summed E-state index contributed by atoms with van der Waals surface area (Å²) in [6, 6.07) is 9.25. The van der Waals surface area contributed by atoms with Gasteiger partial charge in [-0.1, -0.05) is 11.6 Å². The molecule has 0 saturated carbocycles. The van der Waals surface area contributed by atoms with Crippen LogP contribution < -0.4 is 15.0 Å². The standard InChI is InChI=1S/C19H21ClN4O2/c1-23-6-8-24(9-7-23)18-5-3-15(12-21-18)22-19(25)17-11-13-10-14(20)2-4-16(13)26-17/h2-5,10,12,17H,6-9,11H2,1H3,(H,22,25)/t17-/m1/s1. The first kappa shape index (κ1) is 17.1. The molecule has 7 heteroatoms. The van der Waals surface area contributed by atoms with Crippen LogP contribution in [0.15, 0.2) is 36.5 Å². The summed E-state index contributed by atoms with van der Waals surface area (Å²) in [6.07, 6.45) is 1.68. The van der Waals surface area contributed by atoms with Gasteiger partial charge in [-0.15, -0.1) is 0 Å². The van der Waals surface area contributed by atoms with Crippen molar-refractivity contribution in [1.82, 2.24) is 9.88 Å². The van der Waals surface area contributed by atoms with Crippen LogP contribution in [0.3, 0.4) is 0 Å². The van der Waals surface area contributed by atoms with E-state index in [1.807, 2.05) is 18.2 Å². The number of hydrogen-bond donors (Lipinski definition) is 1. The number of amides is 1. The van der Waals surface area contributed by atoms with Gasteiger partial charge in [0.25, 0.3) is 5.91 Å². The van der Waals surface area contributed by atoms with Crippen LogP contribution in [0.5, 0.6) is 5.75 Å². The van der Waals surface area contributed by atoms with Gasteiger partial charge in [-0.3, -0.25) is 4.79 Å². The van der Waals surface area contributed by atoms with Gasteiger partial charge in [-0.25, -0.2) is 4.98 Å². The Labute approximate surface area is 157 Å². The number of fused-ring (bicyclic) bond motifs is 1. The number of halogens is 1. The number of hydrogen-bond acceptors (Lipinski definition) is 5. The molecule has 2 aliphatic heterocycles. The lowest BCUT2D eigenvalue weighted by atomic mass is 10.1. The number of carbonyl (C=O) groups is 1. The lowest BCUT2D eigenvalue weighted by molar-refractivity contribution is -0.122. The van der Waals surface area contributed by atoms with Gasteiger partial charge in [0, 0.05) is 37.6 Å². The van der Waals surface area contributed by atoms with Gasteiger partial charge in [0.15, 0.2) is 6.10 Å². The Morgan fingerprint density at radius 2 is 2.04 bits per heavy atom. The predicted molar refractivity (Wildman–Crippen MR) is 102 cm³/mol. The van der Waals surface area contributed by atoms with E-state index >= 15 is 0 Å². The Hall–Kier alpha value is -2.31. The summed E-state index contributed by atoms with van der Waals surface area (Å²) in [7, 11) is 2.13. The van der Waals surface area contributed by atoms with Gasteiger partial charge in [0.05, 0.1) is 11.9 Å². The third-order valence-electron chi connectivity index (χ3n) is 4.83. The van der Waals surface area contributed by atoms with E-state index in [-0.39, 0.29) is 5.91 Å². The van der Waals surface area contributed by atoms with Crippen LogP contribution in [0, 0.1) is 0 Å². The van der Waals surface area contributed by atoms with Crippen molar-refractivity contribution in [2.75, 3.05) is 43.4 Å². The van der Waals surface area contributed by atoms with Gasteiger partial charge in [-0.05, 0) is 42.9 Å². The lowest BCUT2D eigenvalue weighted by Crippen LogP contribution is -2.44. The molecule has 26 heavy (non-hydrogen) atoms. The first-order valence-electron chi connectivity index (χ1n) is 8.74. The molecule has 1 fully saturated rings. The molecule has 0 aliphatic carbocycles. The Morgan fingerprint density at radius 3 is 2.77 bits per heavy atom. The van der Waals surface area contributed by atoms with Gasteiger partial charge in [0.2, 0.25) is 0 Å². The molecule has 3 heterocycles. The second-order valence-corrected chi connectivity index (χ2v) is 7.18. The van der Waals surface area contributed by atoms with Gasteiger partial charge in [-0.2, -0.15) is 0 Å². The summed E-state index contributed by atoms with van der Waals surface area (Å²) in [5, 5.41) is 3.53. The molecule has 1 N–H and O–H groups in total. The zero-order valence-corrected chi connectivity index (χ0v) is 15.4. The Morgan fingerprint density at radius 1 is 1.23 bits per heavy atom. The molecular formula is C19H21ClN4O2. The van der Waals surface area contributed by atoms with Crippen LogP contribution in [0.4, 0.5) is 11.5 Å². The number of piperazine rings is 1. The average molecular weight is 373 g/mol. The minimum Gasteiger partial charge on any atom is -0.480 e. The smallest absolute Gasteiger partial charge is 0.265 e. The van der Waals surface area contributed by atoms with Crippen LogP contribution in [-0.4, -0.2) is 55.1 Å². The molecule has 136 valence electrons. The molecule has 4 rings (SSSR count). The number of aromatic nitrogens is 1. The van der Waals surface area contributed by atoms with E-state index in [4.69, 9.17) is 16.3 Å². The van der Waals surface area contributed by atoms with Crippen molar-refractivity contribution in [3.05, 3.63) is 47.1 Å². The zero-order chi connectivity index (χ0) is 18.1. The van der Waals surface area contributed by atoms with Gasteiger partial charge < -0.3 is 19.9 Å². The van der Waals surface area contributed by atoms with E-state index < -0.39 is 6.10 Å². The molecule has 1 aromatic carbocycles. The number of anilines is 2. The average Bonchev–Trinajstić information content (AvgIpc) is 3.06. The molecule has 1 saturated heterocycles. The molecule has 2 aromatic rings. The summed E-state index contributed by atoms with van der Waals surface area (Å²) in [4.78, 5) is 21.5. The molecule has 2 aliphatic rings. The van der Waals surface area contributed by atoms with Crippen molar-refractivity contribution in [1.29, 1.82) is 0 Å². The molecule has 0 radical (unpaired) electrons. The molecular weight excluding hydrogens is 352 g/mol. The second-order valence-electron chi connectivity index (χ2n) is 6.75. The molecule has 6 nitrogen and oxygen atoms in total. The van der Waals surface area contributed by atoms with Gasteiger partial charge >= 0.3 is 0 Å². The minimum absolute atomic E-state index is 0.175. The molecule has 1 aromatic heterocycles. The fraction of sp³-hybridized carbons (Fsp3) is 0.368. The van der Waals surface area contributed by atoms with E-state index in [1.165, 1.54) is 0 Å². The maximum atomic E-state index is 12.5. The molecule has 0 unspecified atom stereocenters. The minimum atomic E-state index is -0.541. The number of ether oxygens (including phenoxy) is 1. The van der Waals surface area contributed by atoms with Gasteiger partial charge in [0.1, 0.15) is 11.6 Å². The molecule has 1 atom stereocenters. The van der Waals surface area contributed by atoms with Crippen molar-refractivity contribution < 1.29 is 9.53 Å². The maximum Gasteiger partial charge on any atom is 0.265 e. The Bertz CT molecular complexity index is 804. The van der Waals surface area contributed by atoms with Crippen LogP contribution >= 0.6 is 11.6 Å². The van der Waals surface area contributed by atoms with E-state index in [9.17, 15) is 4.79 Å². The van der Waals surface area contributed by atoms with Crippen LogP contribution in [0.25, 0.3) is 0 Å². The van der Waals surface area contributed by atoms with E-state index in [0.717, 1.165) is 43.3 Å². The maximum absolute atomic E-state index is 12.5. The van der Waals surface area contributed by atoms with Crippen LogP contribution in [-0.2, 0) is 11.2 Å². The zero-order valence-electron chi connectivity index (χ0n) is 14.6. The molecule has 0 bridgehead atoms. The summed E-state index contributed by atoms with van der Waals surface area (Å²) >= 11 is 6.00. The summed E-state index contributed by atoms with van der Waals surface area (Å²) in [6.45, 7) is 3.99. The number of nitrogens with zero attached hydrogens (tertiary/aromatic N) is 3. The fourth-order valence-corrected chi connectivity index (χ4v) is 3.46.